The van der Waals surface area contributed by atoms with E-state index in [1.54, 1.807) is 12.1 Å². The number of benzene rings is 1. The Hall–Kier alpha value is -1.98. The maximum absolute atomic E-state index is 13.6. The lowest BCUT2D eigenvalue weighted by atomic mass is 10.1. The fraction of sp³-hybridized carbons (Fsp3) is 0.417. The number of nitrogens with zero attached hydrogens (tertiary/aromatic N) is 4. The molecule has 0 amide bonds. The molecule has 1 aromatic heterocycles. The molecule has 5 nitrogen and oxygen atoms in total. The van der Waals surface area contributed by atoms with Crippen LogP contribution in [0.15, 0.2) is 24.5 Å². The van der Waals surface area contributed by atoms with Crippen LogP contribution in [0.2, 0.25) is 0 Å². The Morgan fingerprint density at radius 2 is 2.28 bits per heavy atom. The van der Waals surface area contributed by atoms with Crippen LogP contribution >= 0.6 is 0 Å². The molecule has 1 heterocycles. The van der Waals surface area contributed by atoms with Gasteiger partial charge in [-0.3, -0.25) is 0 Å². The number of halogens is 1. The van der Waals surface area contributed by atoms with Gasteiger partial charge in [-0.1, -0.05) is 20.3 Å². The first-order chi connectivity index (χ1) is 8.70. The lowest BCUT2D eigenvalue weighted by molar-refractivity contribution is 0.585. The molecule has 0 fully saturated rings. The van der Waals surface area contributed by atoms with E-state index in [-0.39, 0.29) is 5.82 Å². The maximum atomic E-state index is 13.6. The summed E-state index contributed by atoms with van der Waals surface area (Å²) in [6.45, 7) is 4.97. The van der Waals surface area contributed by atoms with Crippen molar-refractivity contribution in [3.05, 3.63) is 30.3 Å². The highest BCUT2D eigenvalue weighted by atomic mass is 19.1. The van der Waals surface area contributed by atoms with Gasteiger partial charge in [0.1, 0.15) is 12.1 Å². The van der Waals surface area contributed by atoms with E-state index in [9.17, 15) is 4.39 Å². The minimum Gasteiger partial charge on any atom is -0.382 e. The van der Waals surface area contributed by atoms with Gasteiger partial charge in [0.05, 0.1) is 11.4 Å². The van der Waals surface area contributed by atoms with Crippen molar-refractivity contribution in [1.82, 2.24) is 20.2 Å². The first kappa shape index (κ1) is 12.5. The van der Waals surface area contributed by atoms with Gasteiger partial charge in [0.25, 0.3) is 0 Å². The summed E-state index contributed by atoms with van der Waals surface area (Å²) in [5, 5.41) is 14.0. The third-order valence-corrected chi connectivity index (χ3v) is 2.90. The van der Waals surface area contributed by atoms with Gasteiger partial charge in [-0.05, 0) is 34.5 Å². The van der Waals surface area contributed by atoms with E-state index in [1.165, 1.54) is 17.1 Å². The van der Waals surface area contributed by atoms with Gasteiger partial charge in [-0.15, -0.1) is 5.10 Å². The Kier molecular flexibility index (Phi) is 3.86. The number of tetrazole rings is 1. The van der Waals surface area contributed by atoms with Crippen LogP contribution in [0.5, 0.6) is 0 Å². The van der Waals surface area contributed by atoms with E-state index < -0.39 is 0 Å². The molecule has 0 bridgehead atoms. The van der Waals surface area contributed by atoms with Crippen LogP contribution in [0.3, 0.4) is 0 Å². The molecule has 2 rings (SSSR count). The summed E-state index contributed by atoms with van der Waals surface area (Å²) in [7, 11) is 0. The van der Waals surface area contributed by atoms with Crippen molar-refractivity contribution < 1.29 is 4.39 Å². The summed E-state index contributed by atoms with van der Waals surface area (Å²) < 4.78 is 15.1. The second-order valence-corrected chi connectivity index (χ2v) is 4.31. The van der Waals surface area contributed by atoms with Crippen molar-refractivity contribution in [2.45, 2.75) is 20.3 Å². The fourth-order valence-electron chi connectivity index (χ4n) is 1.50. The summed E-state index contributed by atoms with van der Waals surface area (Å²) in [5.74, 6) is 0.233. The molecular weight excluding hydrogens is 233 g/mol. The van der Waals surface area contributed by atoms with Gasteiger partial charge < -0.3 is 5.32 Å². The summed E-state index contributed by atoms with van der Waals surface area (Å²) in [6.07, 6.45) is 2.53. The molecule has 1 N–H and O–H groups in total. The summed E-state index contributed by atoms with van der Waals surface area (Å²) in [6, 6.07) is 4.75. The lowest BCUT2D eigenvalue weighted by Crippen LogP contribution is -2.11. The van der Waals surface area contributed by atoms with Crippen molar-refractivity contribution in [3.8, 4) is 5.69 Å². The first-order valence-electron chi connectivity index (χ1n) is 5.97. The highest BCUT2D eigenvalue weighted by Crippen LogP contribution is 2.18. The van der Waals surface area contributed by atoms with Crippen LogP contribution < -0.4 is 5.32 Å². The number of nitrogens with one attached hydrogen (secondary N) is 1. The van der Waals surface area contributed by atoms with E-state index in [1.807, 2.05) is 0 Å². The SMILES string of the molecule is CCC(C)CNc1cc(-n2cnnn2)ccc1F. The predicted octanol–water partition coefficient (Wildman–Crippen LogP) is 2.26. The van der Waals surface area contributed by atoms with Gasteiger partial charge in [-0.2, -0.15) is 0 Å². The molecule has 0 spiro atoms. The molecule has 0 saturated carbocycles. The van der Waals surface area contributed by atoms with Crippen LogP contribution in [-0.4, -0.2) is 26.8 Å². The molecule has 1 unspecified atom stereocenters. The molecule has 1 atom stereocenters. The number of hydrogen-bond donors (Lipinski definition) is 1. The van der Waals surface area contributed by atoms with Crippen LogP contribution in [0.4, 0.5) is 10.1 Å². The minimum absolute atomic E-state index is 0.268. The van der Waals surface area contributed by atoms with E-state index in [0.29, 0.717) is 11.6 Å². The Labute approximate surface area is 105 Å². The van der Waals surface area contributed by atoms with Gasteiger partial charge in [0.15, 0.2) is 0 Å². The van der Waals surface area contributed by atoms with Gasteiger partial charge in [0.2, 0.25) is 0 Å². The Bertz CT molecular complexity index is 497. The third-order valence-electron chi connectivity index (χ3n) is 2.90. The van der Waals surface area contributed by atoms with Gasteiger partial charge >= 0.3 is 0 Å². The smallest absolute Gasteiger partial charge is 0.146 e. The van der Waals surface area contributed by atoms with E-state index in [4.69, 9.17) is 0 Å². The summed E-state index contributed by atoms with van der Waals surface area (Å²) in [5.41, 5.74) is 1.20. The molecule has 0 saturated heterocycles. The average molecular weight is 249 g/mol. The number of rotatable bonds is 5. The highest BCUT2D eigenvalue weighted by molar-refractivity contribution is 5.51. The van der Waals surface area contributed by atoms with Crippen molar-refractivity contribution in [2.75, 3.05) is 11.9 Å². The molecule has 18 heavy (non-hydrogen) atoms. The second kappa shape index (κ2) is 5.57. The van der Waals surface area contributed by atoms with Crippen LogP contribution in [0.25, 0.3) is 5.69 Å². The molecule has 0 aliphatic heterocycles. The highest BCUT2D eigenvalue weighted by Gasteiger charge is 2.06. The van der Waals surface area contributed by atoms with Crippen LogP contribution in [0, 0.1) is 11.7 Å². The summed E-state index contributed by atoms with van der Waals surface area (Å²) in [4.78, 5) is 0. The molecular formula is C12H16FN5. The molecule has 2 aromatic rings. The van der Waals surface area contributed by atoms with Crippen LogP contribution in [-0.2, 0) is 0 Å². The van der Waals surface area contributed by atoms with Crippen molar-refractivity contribution in [1.29, 1.82) is 0 Å². The third kappa shape index (κ3) is 2.82. The minimum atomic E-state index is -0.268. The largest absolute Gasteiger partial charge is 0.382 e. The number of anilines is 1. The fourth-order valence-corrected chi connectivity index (χ4v) is 1.50. The lowest BCUT2D eigenvalue weighted by Gasteiger charge is -2.13. The Morgan fingerprint density at radius 3 is 2.94 bits per heavy atom. The zero-order chi connectivity index (χ0) is 13.0. The summed E-state index contributed by atoms with van der Waals surface area (Å²) >= 11 is 0. The molecule has 0 aliphatic rings. The van der Waals surface area contributed by atoms with E-state index in [2.05, 4.69) is 34.7 Å². The van der Waals surface area contributed by atoms with Crippen molar-refractivity contribution >= 4 is 5.69 Å². The Morgan fingerprint density at radius 1 is 1.44 bits per heavy atom. The normalized spacial score (nSPS) is 12.4. The van der Waals surface area contributed by atoms with E-state index >= 15 is 0 Å². The molecule has 0 aliphatic carbocycles. The molecule has 0 radical (unpaired) electrons. The van der Waals surface area contributed by atoms with Gasteiger partial charge in [-0.25, -0.2) is 9.07 Å². The second-order valence-electron chi connectivity index (χ2n) is 4.31. The van der Waals surface area contributed by atoms with Crippen molar-refractivity contribution in [2.24, 2.45) is 5.92 Å². The standard InChI is InChI=1S/C12H16FN5/c1-3-9(2)7-14-12-6-10(4-5-11(12)13)18-8-15-16-17-18/h4-6,8-9,14H,3,7H2,1-2H3. The predicted molar refractivity (Wildman–Crippen MR) is 67.1 cm³/mol. The average Bonchev–Trinajstić information content (AvgIpc) is 2.91. The number of aromatic nitrogens is 4. The van der Waals surface area contributed by atoms with E-state index in [0.717, 1.165) is 18.7 Å². The molecule has 1 aromatic carbocycles. The van der Waals surface area contributed by atoms with Crippen LogP contribution in [0.1, 0.15) is 20.3 Å². The quantitative estimate of drug-likeness (QED) is 0.883. The maximum Gasteiger partial charge on any atom is 0.146 e. The Balaban J connectivity index is 2.17. The molecule has 6 heteroatoms. The monoisotopic (exact) mass is 249 g/mol. The number of hydrogen-bond acceptors (Lipinski definition) is 4. The zero-order valence-corrected chi connectivity index (χ0v) is 10.5. The molecule has 96 valence electrons. The topological polar surface area (TPSA) is 55.6 Å². The van der Waals surface area contributed by atoms with Crippen molar-refractivity contribution in [3.63, 3.8) is 0 Å². The zero-order valence-electron chi connectivity index (χ0n) is 10.5. The van der Waals surface area contributed by atoms with Gasteiger partial charge in [0, 0.05) is 6.54 Å². The first-order valence-corrected chi connectivity index (χ1v) is 5.97.